The Labute approximate surface area is 137 Å². The number of esters is 1. The molecule has 0 saturated heterocycles. The summed E-state index contributed by atoms with van der Waals surface area (Å²) in [7, 11) is 0. The van der Waals surface area contributed by atoms with Crippen LogP contribution in [0.2, 0.25) is 0 Å². The van der Waals surface area contributed by atoms with Crippen molar-refractivity contribution in [3.63, 3.8) is 0 Å². The van der Waals surface area contributed by atoms with Gasteiger partial charge < -0.3 is 19.3 Å². The van der Waals surface area contributed by atoms with E-state index in [0.717, 1.165) is 16.5 Å². The zero-order valence-corrected chi connectivity index (χ0v) is 12.5. The lowest BCUT2D eigenvalue weighted by atomic mass is 9.89. The molecule has 118 valence electrons. The fourth-order valence-corrected chi connectivity index (χ4v) is 3.40. The average molecular weight is 320 g/mol. The summed E-state index contributed by atoms with van der Waals surface area (Å²) < 4.78 is 16.0. The smallest absolute Gasteiger partial charge is 0.339 e. The first-order valence-electron chi connectivity index (χ1n) is 7.58. The molecular weight excluding hydrogens is 308 g/mol. The Balaban J connectivity index is 1.90. The Morgan fingerprint density at radius 2 is 1.67 bits per heavy atom. The molecule has 0 unspecified atom stereocenters. The summed E-state index contributed by atoms with van der Waals surface area (Å²) in [6, 6.07) is 13.0. The van der Waals surface area contributed by atoms with Crippen LogP contribution in [-0.4, -0.2) is 17.9 Å². The second-order valence-electron chi connectivity index (χ2n) is 5.77. The van der Waals surface area contributed by atoms with E-state index in [0.29, 0.717) is 28.0 Å². The fraction of sp³-hybridized carbons (Fsp3) is 0.105. The van der Waals surface area contributed by atoms with Gasteiger partial charge in [0.25, 0.3) is 0 Å². The van der Waals surface area contributed by atoms with Gasteiger partial charge >= 0.3 is 5.97 Å². The number of hydrogen-bond acceptors (Lipinski definition) is 5. The summed E-state index contributed by atoms with van der Waals surface area (Å²) in [6.45, 7) is 0.275. The van der Waals surface area contributed by atoms with Crippen LogP contribution in [0.1, 0.15) is 15.9 Å². The van der Waals surface area contributed by atoms with Crippen molar-refractivity contribution in [1.82, 2.24) is 0 Å². The van der Waals surface area contributed by atoms with Gasteiger partial charge in [0, 0.05) is 16.5 Å². The third-order valence-corrected chi connectivity index (χ3v) is 4.50. The minimum atomic E-state index is -0.418. The van der Waals surface area contributed by atoms with Gasteiger partial charge in [-0.05, 0) is 23.1 Å². The Hall–Kier alpha value is -3.21. The molecule has 0 radical (unpaired) electrons. The SMILES string of the molecule is O=C1OCc2c1c(-c1ccc3c(c1)OCO3)c1ccccc1c2O. The van der Waals surface area contributed by atoms with Gasteiger partial charge in [0.2, 0.25) is 6.79 Å². The first-order valence-corrected chi connectivity index (χ1v) is 7.58. The van der Waals surface area contributed by atoms with Crippen LogP contribution in [0.15, 0.2) is 42.5 Å². The number of rotatable bonds is 1. The highest BCUT2D eigenvalue weighted by molar-refractivity contribution is 6.13. The lowest BCUT2D eigenvalue weighted by Gasteiger charge is -2.13. The Morgan fingerprint density at radius 1 is 0.875 bits per heavy atom. The molecule has 5 rings (SSSR count). The number of phenols is 1. The third kappa shape index (κ3) is 1.66. The predicted molar refractivity (Wildman–Crippen MR) is 86.3 cm³/mol. The molecule has 24 heavy (non-hydrogen) atoms. The molecule has 0 aromatic heterocycles. The molecule has 0 bridgehead atoms. The van der Waals surface area contributed by atoms with Gasteiger partial charge in [0.15, 0.2) is 11.5 Å². The van der Waals surface area contributed by atoms with E-state index in [4.69, 9.17) is 14.2 Å². The minimum absolute atomic E-state index is 0.0857. The predicted octanol–water partition coefficient (Wildman–Crippen LogP) is 3.61. The molecule has 2 aliphatic rings. The zero-order valence-electron chi connectivity index (χ0n) is 12.5. The van der Waals surface area contributed by atoms with Crippen LogP contribution in [0.3, 0.4) is 0 Å². The molecule has 5 heteroatoms. The van der Waals surface area contributed by atoms with Crippen molar-refractivity contribution in [2.75, 3.05) is 6.79 Å². The van der Waals surface area contributed by atoms with Gasteiger partial charge in [-0.2, -0.15) is 0 Å². The van der Waals surface area contributed by atoms with Crippen molar-refractivity contribution in [2.24, 2.45) is 0 Å². The molecule has 0 aliphatic carbocycles. The standard InChI is InChI=1S/C19H12O5/c20-18-12-4-2-1-3-11(12)16(17-13(18)8-22-19(17)21)10-5-6-14-15(7-10)24-9-23-14/h1-7,20H,8-9H2. The molecule has 3 aromatic carbocycles. The van der Waals surface area contributed by atoms with E-state index >= 15 is 0 Å². The summed E-state index contributed by atoms with van der Waals surface area (Å²) in [5.41, 5.74) is 2.53. The molecule has 1 N–H and O–H groups in total. The maximum atomic E-state index is 12.3. The average Bonchev–Trinajstić information content (AvgIpc) is 3.22. The van der Waals surface area contributed by atoms with E-state index in [1.807, 2.05) is 42.5 Å². The second-order valence-corrected chi connectivity index (χ2v) is 5.77. The summed E-state index contributed by atoms with van der Waals surface area (Å²) in [4.78, 5) is 12.3. The quantitative estimate of drug-likeness (QED) is 0.694. The number of cyclic esters (lactones) is 1. The van der Waals surface area contributed by atoms with E-state index in [2.05, 4.69) is 0 Å². The highest BCUT2D eigenvalue weighted by atomic mass is 16.7. The highest BCUT2D eigenvalue weighted by Crippen LogP contribution is 2.45. The van der Waals surface area contributed by atoms with Crippen molar-refractivity contribution in [3.05, 3.63) is 53.6 Å². The number of benzene rings is 3. The Morgan fingerprint density at radius 3 is 2.54 bits per heavy atom. The summed E-state index contributed by atoms with van der Waals surface area (Å²) in [6.07, 6.45) is 0. The topological polar surface area (TPSA) is 65.0 Å². The maximum absolute atomic E-state index is 12.3. The van der Waals surface area contributed by atoms with Gasteiger partial charge in [-0.25, -0.2) is 4.79 Å². The van der Waals surface area contributed by atoms with E-state index in [-0.39, 0.29) is 19.1 Å². The molecule has 0 fully saturated rings. The second kappa shape index (κ2) is 4.64. The van der Waals surface area contributed by atoms with Crippen molar-refractivity contribution in [1.29, 1.82) is 0 Å². The molecule has 0 atom stereocenters. The first kappa shape index (κ1) is 13.2. The number of carbonyl (C=O) groups is 1. The summed E-state index contributed by atoms with van der Waals surface area (Å²) in [5, 5.41) is 12.0. The molecule has 2 heterocycles. The van der Waals surface area contributed by atoms with Crippen LogP contribution in [0.5, 0.6) is 17.2 Å². The van der Waals surface area contributed by atoms with E-state index < -0.39 is 5.97 Å². The molecule has 0 saturated carbocycles. The molecule has 0 spiro atoms. The summed E-state index contributed by atoms with van der Waals surface area (Å²) >= 11 is 0. The van der Waals surface area contributed by atoms with Crippen LogP contribution in [0.4, 0.5) is 0 Å². The lowest BCUT2D eigenvalue weighted by molar-refractivity contribution is 0.0535. The molecule has 0 amide bonds. The number of hydrogen-bond donors (Lipinski definition) is 1. The van der Waals surface area contributed by atoms with Gasteiger partial charge in [-0.1, -0.05) is 30.3 Å². The number of aromatic hydroxyl groups is 1. The number of phenolic OH excluding ortho intramolecular Hbond substituents is 1. The van der Waals surface area contributed by atoms with E-state index in [1.165, 1.54) is 0 Å². The molecule has 5 nitrogen and oxygen atoms in total. The molecule has 3 aromatic rings. The van der Waals surface area contributed by atoms with Gasteiger partial charge in [0.05, 0.1) is 5.56 Å². The first-order chi connectivity index (χ1) is 11.7. The van der Waals surface area contributed by atoms with Crippen molar-refractivity contribution >= 4 is 16.7 Å². The number of fused-ring (bicyclic) bond motifs is 3. The van der Waals surface area contributed by atoms with Crippen LogP contribution in [-0.2, 0) is 11.3 Å². The minimum Gasteiger partial charge on any atom is -0.507 e. The van der Waals surface area contributed by atoms with Gasteiger partial charge in [-0.15, -0.1) is 0 Å². The normalized spacial score (nSPS) is 14.8. The molecular formula is C19H12O5. The Kier molecular flexibility index (Phi) is 2.56. The summed E-state index contributed by atoms with van der Waals surface area (Å²) in [5.74, 6) is 1.01. The van der Waals surface area contributed by atoms with Crippen LogP contribution in [0.25, 0.3) is 21.9 Å². The van der Waals surface area contributed by atoms with Crippen LogP contribution < -0.4 is 9.47 Å². The largest absolute Gasteiger partial charge is 0.507 e. The Bertz CT molecular complexity index is 1020. The fourth-order valence-electron chi connectivity index (χ4n) is 3.40. The monoisotopic (exact) mass is 320 g/mol. The van der Waals surface area contributed by atoms with Crippen LogP contribution >= 0.6 is 0 Å². The van der Waals surface area contributed by atoms with Crippen molar-refractivity contribution in [3.8, 4) is 28.4 Å². The van der Waals surface area contributed by atoms with Gasteiger partial charge in [0.1, 0.15) is 12.4 Å². The van der Waals surface area contributed by atoms with E-state index in [9.17, 15) is 9.90 Å². The lowest BCUT2D eigenvalue weighted by Crippen LogP contribution is -1.99. The number of ether oxygens (including phenoxy) is 3. The third-order valence-electron chi connectivity index (χ3n) is 4.50. The molecule has 2 aliphatic heterocycles. The maximum Gasteiger partial charge on any atom is 0.339 e. The van der Waals surface area contributed by atoms with Crippen molar-refractivity contribution < 1.29 is 24.1 Å². The van der Waals surface area contributed by atoms with Gasteiger partial charge in [-0.3, -0.25) is 0 Å². The highest BCUT2D eigenvalue weighted by Gasteiger charge is 2.31. The van der Waals surface area contributed by atoms with Crippen LogP contribution in [0, 0.1) is 0 Å². The zero-order chi connectivity index (χ0) is 16.3. The number of carbonyl (C=O) groups excluding carboxylic acids is 1. The van der Waals surface area contributed by atoms with Crippen molar-refractivity contribution in [2.45, 2.75) is 6.61 Å². The van der Waals surface area contributed by atoms with E-state index in [1.54, 1.807) is 0 Å².